The topological polar surface area (TPSA) is 67.6 Å². The monoisotopic (exact) mass is 293 g/mol. The summed E-state index contributed by atoms with van der Waals surface area (Å²) in [4.78, 5) is 14.0. The molecule has 0 radical (unpaired) electrons. The Balaban J connectivity index is 1.70. The average molecular weight is 293 g/mol. The van der Waals surface area contributed by atoms with Gasteiger partial charge in [0.1, 0.15) is 5.60 Å². The molecule has 0 bridgehead atoms. The summed E-state index contributed by atoms with van der Waals surface area (Å²) in [6, 6.07) is 0. The first-order valence-electron chi connectivity index (χ1n) is 7.52. The zero-order valence-corrected chi connectivity index (χ0v) is 12.9. The Labute approximate surface area is 124 Å². The Morgan fingerprint density at radius 2 is 2.24 bits per heavy atom. The van der Waals surface area contributed by atoms with Gasteiger partial charge in [0.25, 0.3) is 0 Å². The van der Waals surface area contributed by atoms with Crippen LogP contribution in [0.25, 0.3) is 0 Å². The van der Waals surface area contributed by atoms with E-state index in [4.69, 9.17) is 9.84 Å². The van der Waals surface area contributed by atoms with E-state index < -0.39 is 5.60 Å². The van der Waals surface area contributed by atoms with Gasteiger partial charge in [0, 0.05) is 24.7 Å². The molecule has 21 heavy (non-hydrogen) atoms. The number of hydrogen-bond donors (Lipinski definition) is 1. The average Bonchev–Trinajstić information content (AvgIpc) is 2.99. The van der Waals surface area contributed by atoms with Gasteiger partial charge in [-0.25, -0.2) is 4.79 Å². The summed E-state index contributed by atoms with van der Waals surface area (Å²) in [6.45, 7) is 7.76. The third-order valence-corrected chi connectivity index (χ3v) is 4.24. The highest BCUT2D eigenvalue weighted by Gasteiger charge is 2.44. The lowest BCUT2D eigenvalue weighted by molar-refractivity contribution is 0.0285. The van der Waals surface area contributed by atoms with Crippen molar-refractivity contribution in [2.75, 3.05) is 19.7 Å². The van der Waals surface area contributed by atoms with Crippen LogP contribution in [0.15, 0.2) is 6.20 Å². The molecule has 116 valence electrons. The van der Waals surface area contributed by atoms with E-state index in [0.29, 0.717) is 24.9 Å². The molecule has 0 saturated carbocycles. The van der Waals surface area contributed by atoms with E-state index in [2.05, 4.69) is 5.10 Å². The van der Waals surface area contributed by atoms with Gasteiger partial charge >= 0.3 is 6.09 Å². The van der Waals surface area contributed by atoms with E-state index in [9.17, 15) is 4.79 Å². The molecule has 3 rings (SSSR count). The predicted octanol–water partition coefficient (Wildman–Crippen LogP) is 1.38. The van der Waals surface area contributed by atoms with Crippen LogP contribution in [-0.2, 0) is 17.7 Å². The number of aliphatic hydroxyl groups excluding tert-OH is 1. The molecule has 1 aliphatic heterocycles. The van der Waals surface area contributed by atoms with Gasteiger partial charge in [-0.3, -0.25) is 4.68 Å². The summed E-state index contributed by atoms with van der Waals surface area (Å²) in [5.74, 6) is 0.815. The zero-order chi connectivity index (χ0) is 15.2. The van der Waals surface area contributed by atoms with Crippen molar-refractivity contribution in [3.05, 3.63) is 17.5 Å². The van der Waals surface area contributed by atoms with Gasteiger partial charge in [-0.15, -0.1) is 0 Å². The molecule has 1 amide bonds. The van der Waals surface area contributed by atoms with Gasteiger partial charge in [-0.2, -0.15) is 5.10 Å². The number of carbonyl (C=O) groups is 1. The number of aromatic nitrogens is 2. The minimum absolute atomic E-state index is 0.105. The molecule has 2 aliphatic rings. The largest absolute Gasteiger partial charge is 0.444 e. The fraction of sp³-hybridized carbons (Fsp3) is 0.733. The first-order valence-corrected chi connectivity index (χ1v) is 7.52. The molecule has 6 nitrogen and oxygen atoms in total. The number of likely N-dealkylation sites (tertiary alicyclic amines) is 1. The first-order chi connectivity index (χ1) is 9.89. The van der Waals surface area contributed by atoms with Gasteiger partial charge in [0.15, 0.2) is 0 Å². The van der Waals surface area contributed by atoms with Gasteiger partial charge < -0.3 is 14.7 Å². The Morgan fingerprint density at radius 3 is 2.90 bits per heavy atom. The van der Waals surface area contributed by atoms with Crippen LogP contribution >= 0.6 is 0 Å². The van der Waals surface area contributed by atoms with E-state index in [0.717, 1.165) is 13.0 Å². The minimum atomic E-state index is -0.452. The maximum Gasteiger partial charge on any atom is 0.410 e. The lowest BCUT2D eigenvalue weighted by atomic mass is 9.98. The van der Waals surface area contributed by atoms with Crippen molar-refractivity contribution in [2.45, 2.75) is 45.3 Å². The van der Waals surface area contributed by atoms with Crippen LogP contribution in [0.1, 0.15) is 37.9 Å². The highest BCUT2D eigenvalue weighted by atomic mass is 16.6. The van der Waals surface area contributed by atoms with Crippen LogP contribution in [0.2, 0.25) is 0 Å². The molecule has 1 fully saturated rings. The molecule has 1 aliphatic carbocycles. The molecule has 1 saturated heterocycles. The Morgan fingerprint density at radius 1 is 1.48 bits per heavy atom. The quantitative estimate of drug-likeness (QED) is 0.894. The molecule has 0 aromatic carbocycles. The fourth-order valence-corrected chi connectivity index (χ4v) is 3.40. The molecular formula is C15H23N3O3. The van der Waals surface area contributed by atoms with Crippen molar-refractivity contribution in [3.8, 4) is 0 Å². The SMILES string of the molecule is CC(C)(C)OC(=O)N1CC2Cc3c(cnn3CCO)C2C1. The molecule has 2 unspecified atom stereocenters. The Hall–Kier alpha value is -1.56. The molecule has 2 heterocycles. The summed E-state index contributed by atoms with van der Waals surface area (Å²) in [6.07, 6.45) is 2.61. The number of fused-ring (bicyclic) bond motifs is 3. The number of ether oxygens (including phenoxy) is 1. The Bertz CT molecular complexity index is 547. The predicted molar refractivity (Wildman–Crippen MR) is 77.1 cm³/mol. The number of nitrogens with zero attached hydrogens (tertiary/aromatic N) is 3. The second kappa shape index (κ2) is 5.02. The lowest BCUT2D eigenvalue weighted by Crippen LogP contribution is -2.35. The summed E-state index contributed by atoms with van der Waals surface area (Å²) < 4.78 is 7.35. The van der Waals surface area contributed by atoms with Crippen LogP contribution in [0.5, 0.6) is 0 Å². The smallest absolute Gasteiger partial charge is 0.410 e. The van der Waals surface area contributed by atoms with Gasteiger partial charge in [-0.05, 0) is 38.7 Å². The van der Waals surface area contributed by atoms with Crippen molar-refractivity contribution in [1.82, 2.24) is 14.7 Å². The van der Waals surface area contributed by atoms with E-state index >= 15 is 0 Å². The van der Waals surface area contributed by atoms with Crippen LogP contribution in [0.3, 0.4) is 0 Å². The van der Waals surface area contributed by atoms with Gasteiger partial charge in [0.2, 0.25) is 0 Å². The van der Waals surface area contributed by atoms with Crippen molar-refractivity contribution >= 4 is 6.09 Å². The first kappa shape index (κ1) is 14.4. The van der Waals surface area contributed by atoms with E-state index in [1.165, 1.54) is 11.3 Å². The summed E-state index contributed by atoms with van der Waals surface area (Å²) in [7, 11) is 0. The molecule has 1 N–H and O–H groups in total. The highest BCUT2D eigenvalue weighted by molar-refractivity contribution is 5.69. The van der Waals surface area contributed by atoms with Crippen LogP contribution < -0.4 is 0 Å². The maximum atomic E-state index is 12.2. The molecule has 1 aromatic heterocycles. The van der Waals surface area contributed by atoms with Crippen molar-refractivity contribution < 1.29 is 14.6 Å². The molecular weight excluding hydrogens is 270 g/mol. The third kappa shape index (κ3) is 2.64. The fourth-order valence-electron chi connectivity index (χ4n) is 3.40. The summed E-state index contributed by atoms with van der Waals surface area (Å²) >= 11 is 0. The normalized spacial score (nSPS) is 24.1. The minimum Gasteiger partial charge on any atom is -0.444 e. The van der Waals surface area contributed by atoms with Crippen molar-refractivity contribution in [2.24, 2.45) is 5.92 Å². The van der Waals surface area contributed by atoms with E-state index in [1.807, 2.05) is 36.5 Å². The summed E-state index contributed by atoms with van der Waals surface area (Å²) in [5, 5.41) is 13.4. The number of rotatable bonds is 2. The number of aliphatic hydroxyl groups is 1. The maximum absolute atomic E-state index is 12.2. The third-order valence-electron chi connectivity index (χ3n) is 4.24. The molecule has 0 spiro atoms. The second-order valence-corrected chi connectivity index (χ2v) is 6.95. The number of carbonyl (C=O) groups excluding carboxylic acids is 1. The Kier molecular flexibility index (Phi) is 3.43. The van der Waals surface area contributed by atoms with Crippen LogP contribution in [0.4, 0.5) is 4.79 Å². The summed E-state index contributed by atoms with van der Waals surface area (Å²) in [5.41, 5.74) is 2.01. The molecule has 6 heteroatoms. The lowest BCUT2D eigenvalue weighted by Gasteiger charge is -2.24. The van der Waals surface area contributed by atoms with Crippen molar-refractivity contribution in [3.63, 3.8) is 0 Å². The van der Waals surface area contributed by atoms with Crippen molar-refractivity contribution in [1.29, 1.82) is 0 Å². The second-order valence-electron chi connectivity index (χ2n) is 6.95. The standard InChI is InChI=1S/C15H23N3O3/c1-15(2,3)21-14(20)17-8-10-6-13-11(12(10)9-17)7-16-18(13)4-5-19/h7,10,12,19H,4-6,8-9H2,1-3H3. The number of amides is 1. The van der Waals surface area contributed by atoms with Gasteiger partial charge in [-0.1, -0.05) is 0 Å². The zero-order valence-electron chi connectivity index (χ0n) is 12.9. The van der Waals surface area contributed by atoms with E-state index in [-0.39, 0.29) is 12.7 Å². The van der Waals surface area contributed by atoms with Crippen LogP contribution in [-0.4, -0.2) is 51.2 Å². The van der Waals surface area contributed by atoms with Crippen LogP contribution in [0, 0.1) is 5.92 Å². The molecule has 2 atom stereocenters. The molecule has 1 aromatic rings. The highest BCUT2D eigenvalue weighted by Crippen LogP contribution is 2.43. The number of hydrogen-bond acceptors (Lipinski definition) is 4. The van der Waals surface area contributed by atoms with E-state index in [1.54, 1.807) is 0 Å². The van der Waals surface area contributed by atoms with Gasteiger partial charge in [0.05, 0.1) is 19.3 Å².